The Labute approximate surface area is 113 Å². The van der Waals surface area contributed by atoms with E-state index in [1.54, 1.807) is 0 Å². The van der Waals surface area contributed by atoms with E-state index in [1.807, 2.05) is 7.05 Å². The van der Waals surface area contributed by atoms with Crippen LogP contribution < -0.4 is 5.32 Å². The molecule has 0 amide bonds. The molecule has 0 saturated carbocycles. The third kappa shape index (κ3) is 7.31. The minimum Gasteiger partial charge on any atom is -0.384 e. The van der Waals surface area contributed by atoms with E-state index in [9.17, 15) is 0 Å². The minimum absolute atomic E-state index is 0.751. The van der Waals surface area contributed by atoms with Gasteiger partial charge in [0, 0.05) is 13.6 Å². The predicted molar refractivity (Wildman–Crippen MR) is 83.2 cm³/mol. The second-order valence-electron chi connectivity index (χ2n) is 5.13. The molecule has 0 fully saturated rings. The molecule has 0 rings (SSSR count). The summed E-state index contributed by atoms with van der Waals surface area (Å²) in [6, 6.07) is 0. The van der Waals surface area contributed by atoms with Crippen molar-refractivity contribution in [2.45, 2.75) is 53.4 Å². The first-order valence-electron chi connectivity index (χ1n) is 7.09. The summed E-state index contributed by atoms with van der Waals surface area (Å²) in [6.45, 7) is 13.8. The van der Waals surface area contributed by atoms with Crippen LogP contribution in [0.1, 0.15) is 53.4 Å². The first-order valence-corrected chi connectivity index (χ1v) is 7.09. The maximum absolute atomic E-state index is 4.28. The average molecular weight is 250 g/mol. The second kappa shape index (κ2) is 9.93. The summed E-state index contributed by atoms with van der Waals surface area (Å²) in [4.78, 5) is 4.28. The van der Waals surface area contributed by atoms with Crippen molar-refractivity contribution in [2.24, 2.45) is 10.9 Å². The molecule has 2 nitrogen and oxygen atoms in total. The van der Waals surface area contributed by atoms with E-state index in [1.165, 1.54) is 31.3 Å². The molecule has 0 aliphatic rings. The van der Waals surface area contributed by atoms with E-state index in [2.05, 4.69) is 50.7 Å². The zero-order valence-electron chi connectivity index (χ0n) is 12.8. The van der Waals surface area contributed by atoms with Crippen molar-refractivity contribution < 1.29 is 0 Å². The van der Waals surface area contributed by atoms with E-state index < -0.39 is 0 Å². The highest BCUT2D eigenvalue weighted by Crippen LogP contribution is 2.12. The van der Waals surface area contributed by atoms with Gasteiger partial charge >= 0.3 is 0 Å². The van der Waals surface area contributed by atoms with E-state index >= 15 is 0 Å². The summed E-state index contributed by atoms with van der Waals surface area (Å²) in [7, 11) is 1.82. The third-order valence-corrected chi connectivity index (χ3v) is 2.97. The van der Waals surface area contributed by atoms with E-state index in [4.69, 9.17) is 0 Å². The number of rotatable bonds is 9. The molecule has 0 spiro atoms. The Morgan fingerprint density at radius 1 is 1.22 bits per heavy atom. The Hall–Kier alpha value is -1.05. The van der Waals surface area contributed by atoms with Crippen molar-refractivity contribution in [1.29, 1.82) is 0 Å². The van der Waals surface area contributed by atoms with Crippen LogP contribution in [0.5, 0.6) is 0 Å². The normalized spacial score (nSPS) is 11.6. The summed E-state index contributed by atoms with van der Waals surface area (Å²) >= 11 is 0. The van der Waals surface area contributed by atoms with Gasteiger partial charge in [-0.05, 0) is 38.7 Å². The van der Waals surface area contributed by atoms with Gasteiger partial charge in [0.15, 0.2) is 0 Å². The van der Waals surface area contributed by atoms with Gasteiger partial charge in [-0.3, -0.25) is 4.99 Å². The highest BCUT2D eigenvalue weighted by atomic mass is 14.9. The predicted octanol–water partition coefficient (Wildman–Crippen LogP) is 4.34. The molecule has 0 aliphatic carbocycles. The molecule has 104 valence electrons. The smallest absolute Gasteiger partial charge is 0.0795 e. The fourth-order valence-electron chi connectivity index (χ4n) is 2.08. The van der Waals surface area contributed by atoms with Crippen molar-refractivity contribution in [3.05, 3.63) is 23.9 Å². The molecule has 0 aromatic heterocycles. The van der Waals surface area contributed by atoms with Crippen LogP contribution in [0.3, 0.4) is 0 Å². The first-order chi connectivity index (χ1) is 8.54. The lowest BCUT2D eigenvalue weighted by atomic mass is 9.98. The van der Waals surface area contributed by atoms with Gasteiger partial charge in [0.1, 0.15) is 0 Å². The van der Waals surface area contributed by atoms with Crippen molar-refractivity contribution in [3.63, 3.8) is 0 Å². The fourth-order valence-corrected chi connectivity index (χ4v) is 2.08. The van der Waals surface area contributed by atoms with Crippen molar-refractivity contribution in [1.82, 2.24) is 5.32 Å². The topological polar surface area (TPSA) is 24.4 Å². The molecule has 0 aromatic carbocycles. The van der Waals surface area contributed by atoms with Crippen molar-refractivity contribution >= 4 is 5.71 Å². The Bertz CT molecular complexity index is 290. The van der Waals surface area contributed by atoms with Crippen LogP contribution in [0.2, 0.25) is 0 Å². The maximum atomic E-state index is 4.28. The van der Waals surface area contributed by atoms with Crippen molar-refractivity contribution in [2.75, 3.05) is 13.6 Å². The van der Waals surface area contributed by atoms with Gasteiger partial charge in [-0.2, -0.15) is 0 Å². The number of nitrogens with zero attached hydrogens (tertiary/aromatic N) is 1. The lowest BCUT2D eigenvalue weighted by molar-refractivity contribution is 0.428. The number of hydrogen-bond donors (Lipinski definition) is 1. The molecule has 0 radical (unpaired) electrons. The Balaban J connectivity index is 4.33. The van der Waals surface area contributed by atoms with Gasteiger partial charge in [0.05, 0.1) is 11.4 Å². The van der Waals surface area contributed by atoms with E-state index in [0.29, 0.717) is 0 Å². The zero-order valence-corrected chi connectivity index (χ0v) is 12.8. The summed E-state index contributed by atoms with van der Waals surface area (Å²) < 4.78 is 0. The molecular weight excluding hydrogens is 220 g/mol. The minimum atomic E-state index is 0.751. The van der Waals surface area contributed by atoms with E-state index in [0.717, 1.165) is 23.9 Å². The largest absolute Gasteiger partial charge is 0.384 e. The molecular formula is C16H30N2. The molecule has 0 bridgehead atoms. The lowest BCUT2D eigenvalue weighted by Gasteiger charge is -2.18. The van der Waals surface area contributed by atoms with Gasteiger partial charge in [0.2, 0.25) is 0 Å². The summed E-state index contributed by atoms with van der Waals surface area (Å²) in [5.41, 5.74) is 3.15. The molecule has 18 heavy (non-hydrogen) atoms. The second-order valence-corrected chi connectivity index (χ2v) is 5.13. The molecule has 0 aromatic rings. The van der Waals surface area contributed by atoms with Gasteiger partial charge < -0.3 is 5.32 Å². The van der Waals surface area contributed by atoms with Crippen LogP contribution in [0.15, 0.2) is 28.9 Å². The highest BCUT2D eigenvalue weighted by Gasteiger charge is 2.08. The SMILES string of the molecule is C=C(NCC(CCC)CCC)C(C=C(C)C)=NC. The number of aliphatic imine (C=N–C) groups is 1. The fraction of sp³-hybridized carbons (Fsp3) is 0.688. The Kier molecular flexibility index (Phi) is 9.35. The quantitative estimate of drug-likeness (QED) is 0.605. The van der Waals surface area contributed by atoms with Crippen LogP contribution in [-0.2, 0) is 0 Å². The molecule has 0 aliphatic heterocycles. The van der Waals surface area contributed by atoms with Gasteiger partial charge in [-0.15, -0.1) is 0 Å². The highest BCUT2D eigenvalue weighted by molar-refractivity contribution is 6.07. The molecule has 0 saturated heterocycles. The molecule has 0 heterocycles. The van der Waals surface area contributed by atoms with Gasteiger partial charge in [-0.1, -0.05) is 38.8 Å². The number of allylic oxidation sites excluding steroid dienone is 2. The molecule has 1 N–H and O–H groups in total. The Morgan fingerprint density at radius 2 is 1.78 bits per heavy atom. The monoisotopic (exact) mass is 250 g/mol. The van der Waals surface area contributed by atoms with Gasteiger partial charge in [-0.25, -0.2) is 0 Å². The van der Waals surface area contributed by atoms with Crippen LogP contribution in [0, 0.1) is 5.92 Å². The Morgan fingerprint density at radius 3 is 2.17 bits per heavy atom. The summed E-state index contributed by atoms with van der Waals surface area (Å²) in [5.74, 6) is 0.751. The van der Waals surface area contributed by atoms with Gasteiger partial charge in [0.25, 0.3) is 0 Å². The third-order valence-electron chi connectivity index (χ3n) is 2.97. The van der Waals surface area contributed by atoms with Crippen LogP contribution in [0.25, 0.3) is 0 Å². The van der Waals surface area contributed by atoms with Crippen LogP contribution in [-0.4, -0.2) is 19.3 Å². The summed E-state index contributed by atoms with van der Waals surface area (Å²) in [5, 5.41) is 3.44. The molecule has 0 unspecified atom stereocenters. The summed E-state index contributed by atoms with van der Waals surface area (Å²) in [6.07, 6.45) is 7.15. The molecule has 0 atom stereocenters. The maximum Gasteiger partial charge on any atom is 0.0795 e. The average Bonchev–Trinajstić information content (AvgIpc) is 2.33. The lowest BCUT2D eigenvalue weighted by Crippen LogP contribution is -2.25. The molecule has 2 heteroatoms. The first kappa shape index (κ1) is 16.9. The number of nitrogens with one attached hydrogen (secondary N) is 1. The zero-order chi connectivity index (χ0) is 14.0. The number of hydrogen-bond acceptors (Lipinski definition) is 2. The van der Waals surface area contributed by atoms with Crippen LogP contribution >= 0.6 is 0 Å². The van der Waals surface area contributed by atoms with E-state index in [-0.39, 0.29) is 0 Å². The standard InChI is InChI=1S/C16H30N2/c1-7-9-15(10-8-2)12-18-14(5)16(17-6)11-13(3)4/h11,15,18H,5,7-10,12H2,1-4,6H3. The van der Waals surface area contributed by atoms with Crippen molar-refractivity contribution in [3.8, 4) is 0 Å². The van der Waals surface area contributed by atoms with Crippen LogP contribution in [0.4, 0.5) is 0 Å².